The lowest BCUT2D eigenvalue weighted by Crippen LogP contribution is -2.32. The van der Waals surface area contributed by atoms with Crippen LogP contribution in [0.25, 0.3) is 0 Å². The molecular formula is C14H12F3N3O2. The summed E-state index contributed by atoms with van der Waals surface area (Å²) < 4.78 is 41.8. The number of hydrogen-bond donors (Lipinski definition) is 1. The Bertz CT molecular complexity index is 699. The number of benzene rings is 1. The average molecular weight is 311 g/mol. The normalized spacial score (nSPS) is 24.2. The van der Waals surface area contributed by atoms with E-state index in [0.717, 1.165) is 5.56 Å². The number of primary amides is 1. The summed E-state index contributed by atoms with van der Waals surface area (Å²) in [7, 11) is 0. The van der Waals surface area contributed by atoms with Gasteiger partial charge < -0.3 is 10.3 Å². The number of halogens is 3. The zero-order chi connectivity index (χ0) is 16.0. The summed E-state index contributed by atoms with van der Waals surface area (Å²) in [4.78, 5) is 15.1. The van der Waals surface area contributed by atoms with Crippen molar-refractivity contribution in [1.29, 1.82) is 0 Å². The number of carbonyl (C=O) groups is 1. The topological polar surface area (TPSA) is 82.0 Å². The highest BCUT2D eigenvalue weighted by Gasteiger charge is 2.63. The minimum Gasteiger partial charge on any atom is -0.369 e. The smallest absolute Gasteiger partial charge is 0.369 e. The lowest BCUT2D eigenvalue weighted by molar-refractivity contribution is -0.159. The first-order chi connectivity index (χ1) is 10.3. The number of carbonyl (C=O) groups excluding carboxylic acids is 1. The largest absolute Gasteiger partial charge is 0.471 e. The Morgan fingerprint density at radius 3 is 2.59 bits per heavy atom. The molecule has 0 bridgehead atoms. The van der Waals surface area contributed by atoms with E-state index >= 15 is 0 Å². The van der Waals surface area contributed by atoms with Crippen LogP contribution in [0, 0.1) is 5.92 Å². The molecule has 0 radical (unpaired) electrons. The van der Waals surface area contributed by atoms with E-state index < -0.39 is 23.4 Å². The summed E-state index contributed by atoms with van der Waals surface area (Å²) in [6, 6.07) is 9.30. The van der Waals surface area contributed by atoms with E-state index in [1.54, 1.807) is 0 Å². The molecule has 116 valence electrons. The number of nitrogens with zero attached hydrogens (tertiary/aromatic N) is 2. The number of aromatic nitrogens is 2. The van der Waals surface area contributed by atoms with Crippen molar-refractivity contribution in [2.75, 3.05) is 0 Å². The van der Waals surface area contributed by atoms with Crippen molar-refractivity contribution >= 4 is 5.91 Å². The van der Waals surface area contributed by atoms with Gasteiger partial charge in [0.05, 0.1) is 0 Å². The van der Waals surface area contributed by atoms with Crippen LogP contribution in [0.1, 0.15) is 23.7 Å². The fraction of sp³-hybridized carbons (Fsp3) is 0.357. The van der Waals surface area contributed by atoms with Crippen molar-refractivity contribution in [3.63, 3.8) is 0 Å². The minimum absolute atomic E-state index is 0.230. The third-order valence-electron chi connectivity index (χ3n) is 3.94. The summed E-state index contributed by atoms with van der Waals surface area (Å²) in [5, 5.41) is 3.32. The second-order valence-electron chi connectivity index (χ2n) is 5.35. The average Bonchev–Trinajstić information content (AvgIpc) is 2.95. The predicted octanol–water partition coefficient (Wildman–Crippen LogP) is 2.07. The highest BCUT2D eigenvalue weighted by atomic mass is 19.4. The number of nitrogens with two attached hydrogens (primary N) is 1. The monoisotopic (exact) mass is 311 g/mol. The standard InChI is InChI=1S/C14H12F3N3O2/c15-14(16,17)12-19-11(20-22-12)13(10(18)21)7-9(13)6-8-4-2-1-3-5-8/h1-5,9H,6-7H2,(H2,18,21). The van der Waals surface area contributed by atoms with Gasteiger partial charge in [0, 0.05) is 0 Å². The van der Waals surface area contributed by atoms with Crippen LogP contribution >= 0.6 is 0 Å². The van der Waals surface area contributed by atoms with Crippen LogP contribution < -0.4 is 5.73 Å². The molecule has 1 aliphatic rings. The van der Waals surface area contributed by atoms with Crippen LogP contribution in [0.2, 0.25) is 0 Å². The molecule has 2 unspecified atom stereocenters. The van der Waals surface area contributed by atoms with Gasteiger partial charge in [-0.25, -0.2) is 0 Å². The van der Waals surface area contributed by atoms with Crippen LogP contribution in [0.4, 0.5) is 13.2 Å². The molecule has 1 amide bonds. The van der Waals surface area contributed by atoms with Crippen LogP contribution in [0.5, 0.6) is 0 Å². The molecule has 2 aromatic rings. The van der Waals surface area contributed by atoms with E-state index in [1.165, 1.54) is 0 Å². The highest BCUT2D eigenvalue weighted by molar-refractivity contribution is 5.89. The van der Waals surface area contributed by atoms with Crippen LogP contribution in [0.3, 0.4) is 0 Å². The number of rotatable bonds is 4. The Morgan fingerprint density at radius 1 is 1.36 bits per heavy atom. The van der Waals surface area contributed by atoms with Crippen molar-refractivity contribution in [3.05, 3.63) is 47.6 Å². The van der Waals surface area contributed by atoms with E-state index in [-0.39, 0.29) is 11.7 Å². The fourth-order valence-corrected chi connectivity index (χ4v) is 2.68. The van der Waals surface area contributed by atoms with E-state index in [0.29, 0.717) is 12.8 Å². The molecular weight excluding hydrogens is 299 g/mol. The van der Waals surface area contributed by atoms with Crippen molar-refractivity contribution in [2.24, 2.45) is 11.7 Å². The molecule has 0 spiro atoms. The van der Waals surface area contributed by atoms with Gasteiger partial charge in [0.15, 0.2) is 5.82 Å². The maximum absolute atomic E-state index is 12.5. The predicted molar refractivity (Wildman–Crippen MR) is 68.4 cm³/mol. The Hall–Kier alpha value is -2.38. The molecule has 3 rings (SSSR count). The summed E-state index contributed by atoms with van der Waals surface area (Å²) >= 11 is 0. The molecule has 5 nitrogen and oxygen atoms in total. The van der Waals surface area contributed by atoms with Gasteiger partial charge in [0.25, 0.3) is 0 Å². The van der Waals surface area contributed by atoms with Crippen LogP contribution in [0.15, 0.2) is 34.9 Å². The van der Waals surface area contributed by atoms with E-state index in [9.17, 15) is 18.0 Å². The summed E-state index contributed by atoms with van der Waals surface area (Å²) in [5.74, 6) is -2.71. The van der Waals surface area contributed by atoms with Crippen LogP contribution in [-0.2, 0) is 22.8 Å². The Kier molecular flexibility index (Phi) is 3.19. The van der Waals surface area contributed by atoms with Gasteiger partial charge in [0.1, 0.15) is 5.41 Å². The van der Waals surface area contributed by atoms with E-state index in [4.69, 9.17) is 5.73 Å². The molecule has 2 atom stereocenters. The Labute approximate surface area is 123 Å². The first kappa shape index (κ1) is 14.6. The quantitative estimate of drug-likeness (QED) is 0.937. The van der Waals surface area contributed by atoms with E-state index in [1.807, 2.05) is 30.3 Å². The molecule has 2 N–H and O–H groups in total. The molecule has 1 aliphatic carbocycles. The van der Waals surface area contributed by atoms with Gasteiger partial charge in [0.2, 0.25) is 5.91 Å². The third kappa shape index (κ3) is 2.34. The molecule has 1 heterocycles. The fourth-order valence-electron chi connectivity index (χ4n) is 2.68. The van der Waals surface area contributed by atoms with E-state index in [2.05, 4.69) is 14.7 Å². The van der Waals surface area contributed by atoms with Crippen molar-refractivity contribution < 1.29 is 22.5 Å². The number of alkyl halides is 3. The maximum atomic E-state index is 12.5. The van der Waals surface area contributed by atoms with Gasteiger partial charge in [-0.2, -0.15) is 18.2 Å². The number of hydrogen-bond acceptors (Lipinski definition) is 4. The van der Waals surface area contributed by atoms with Crippen molar-refractivity contribution in [1.82, 2.24) is 10.1 Å². The summed E-state index contributed by atoms with van der Waals surface area (Å²) in [5.41, 5.74) is 5.08. The molecule has 1 aromatic carbocycles. The summed E-state index contributed by atoms with van der Waals surface area (Å²) in [6.07, 6.45) is -3.92. The molecule has 0 saturated heterocycles. The lowest BCUT2D eigenvalue weighted by atomic mass is 9.97. The SMILES string of the molecule is NC(=O)C1(c2noc(C(F)(F)F)n2)CC1Cc1ccccc1. The first-order valence-corrected chi connectivity index (χ1v) is 6.59. The van der Waals surface area contributed by atoms with Gasteiger partial charge in [-0.15, -0.1) is 0 Å². The molecule has 1 saturated carbocycles. The zero-order valence-corrected chi connectivity index (χ0v) is 11.3. The van der Waals surface area contributed by atoms with Crippen molar-refractivity contribution in [3.8, 4) is 0 Å². The van der Waals surface area contributed by atoms with Gasteiger partial charge in [-0.05, 0) is 24.3 Å². The van der Waals surface area contributed by atoms with Crippen molar-refractivity contribution in [2.45, 2.75) is 24.4 Å². The maximum Gasteiger partial charge on any atom is 0.471 e. The van der Waals surface area contributed by atoms with Gasteiger partial charge in [-0.1, -0.05) is 35.5 Å². The molecule has 8 heteroatoms. The summed E-state index contributed by atoms with van der Waals surface area (Å²) in [6.45, 7) is 0. The lowest BCUT2D eigenvalue weighted by Gasteiger charge is -2.08. The second kappa shape index (κ2) is 4.82. The molecule has 1 fully saturated rings. The van der Waals surface area contributed by atoms with Gasteiger partial charge >= 0.3 is 12.1 Å². The minimum atomic E-state index is -4.74. The zero-order valence-electron chi connectivity index (χ0n) is 11.3. The highest BCUT2D eigenvalue weighted by Crippen LogP contribution is 2.54. The Morgan fingerprint density at radius 2 is 2.05 bits per heavy atom. The molecule has 1 aromatic heterocycles. The Balaban J connectivity index is 1.86. The third-order valence-corrected chi connectivity index (χ3v) is 3.94. The van der Waals surface area contributed by atoms with Gasteiger partial charge in [-0.3, -0.25) is 4.79 Å². The number of amides is 1. The first-order valence-electron chi connectivity index (χ1n) is 6.59. The van der Waals surface area contributed by atoms with Crippen LogP contribution in [-0.4, -0.2) is 16.0 Å². The molecule has 0 aliphatic heterocycles. The molecule has 22 heavy (non-hydrogen) atoms. The second-order valence-corrected chi connectivity index (χ2v) is 5.35.